The van der Waals surface area contributed by atoms with Crippen LogP contribution in [0.3, 0.4) is 0 Å². The number of halogens is 3. The first-order valence-electron chi connectivity index (χ1n) is 6.66. The SMILES string of the molecule is Cc1ccccc1-n1nccc1-c1c[c]ccc1C(F)(F)F. The predicted molar refractivity (Wildman–Crippen MR) is 77.6 cm³/mol. The van der Waals surface area contributed by atoms with Crippen molar-refractivity contribution in [3.05, 3.63) is 71.9 Å². The Bertz CT molecular complexity index is 803. The molecule has 3 rings (SSSR count). The molecule has 0 atom stereocenters. The second-order valence-corrected chi connectivity index (χ2v) is 4.88. The van der Waals surface area contributed by atoms with E-state index >= 15 is 0 Å². The van der Waals surface area contributed by atoms with E-state index in [0.717, 1.165) is 17.3 Å². The minimum absolute atomic E-state index is 0.0655. The largest absolute Gasteiger partial charge is 0.417 e. The molecule has 2 aromatic carbocycles. The molecule has 0 saturated carbocycles. The van der Waals surface area contributed by atoms with E-state index in [1.54, 1.807) is 6.07 Å². The molecule has 0 aliphatic rings. The van der Waals surface area contributed by atoms with E-state index in [1.807, 2.05) is 31.2 Å². The molecular formula is C17H12F3N2. The highest BCUT2D eigenvalue weighted by Gasteiger charge is 2.34. The summed E-state index contributed by atoms with van der Waals surface area (Å²) in [6.07, 6.45) is -2.93. The summed E-state index contributed by atoms with van der Waals surface area (Å²) in [6, 6.07) is 15.3. The molecular weight excluding hydrogens is 289 g/mol. The first-order chi connectivity index (χ1) is 10.5. The van der Waals surface area contributed by atoms with Gasteiger partial charge in [0.15, 0.2) is 0 Å². The lowest BCUT2D eigenvalue weighted by Gasteiger charge is -2.15. The second-order valence-electron chi connectivity index (χ2n) is 4.88. The first-order valence-corrected chi connectivity index (χ1v) is 6.66. The Morgan fingerprint density at radius 3 is 2.59 bits per heavy atom. The van der Waals surface area contributed by atoms with Crippen LogP contribution in [0.5, 0.6) is 0 Å². The summed E-state index contributed by atoms with van der Waals surface area (Å²) in [5, 5.41) is 4.18. The zero-order valence-corrected chi connectivity index (χ0v) is 11.7. The van der Waals surface area contributed by atoms with E-state index in [0.29, 0.717) is 5.69 Å². The van der Waals surface area contributed by atoms with E-state index in [-0.39, 0.29) is 5.56 Å². The maximum Gasteiger partial charge on any atom is 0.417 e. The molecule has 0 saturated heterocycles. The summed E-state index contributed by atoms with van der Waals surface area (Å²) in [7, 11) is 0. The molecule has 0 spiro atoms. The normalized spacial score (nSPS) is 11.6. The number of alkyl halides is 3. The van der Waals surface area contributed by atoms with E-state index in [4.69, 9.17) is 0 Å². The van der Waals surface area contributed by atoms with Gasteiger partial charge in [0.1, 0.15) is 0 Å². The Balaban J connectivity index is 2.21. The Hall–Kier alpha value is -2.56. The fraction of sp³-hybridized carbons (Fsp3) is 0.118. The quantitative estimate of drug-likeness (QED) is 0.672. The fourth-order valence-corrected chi connectivity index (χ4v) is 2.39. The molecule has 3 aromatic rings. The van der Waals surface area contributed by atoms with Gasteiger partial charge in [-0.05, 0) is 42.8 Å². The summed E-state index contributed by atoms with van der Waals surface area (Å²) in [5.74, 6) is 0. The number of hydrogen-bond donors (Lipinski definition) is 0. The Kier molecular flexibility index (Phi) is 3.48. The highest BCUT2D eigenvalue weighted by molar-refractivity contribution is 5.67. The van der Waals surface area contributed by atoms with E-state index < -0.39 is 11.7 Å². The number of aromatic nitrogens is 2. The van der Waals surface area contributed by atoms with Crippen molar-refractivity contribution in [2.24, 2.45) is 0 Å². The molecule has 111 valence electrons. The van der Waals surface area contributed by atoms with Gasteiger partial charge in [-0.1, -0.05) is 24.3 Å². The molecule has 0 fully saturated rings. The van der Waals surface area contributed by atoms with Crippen LogP contribution in [-0.2, 0) is 6.18 Å². The molecule has 1 heterocycles. The van der Waals surface area contributed by atoms with E-state index in [1.165, 1.54) is 23.0 Å². The third kappa shape index (κ3) is 2.50. The molecule has 0 bridgehead atoms. The molecule has 0 aliphatic carbocycles. The zero-order valence-electron chi connectivity index (χ0n) is 11.7. The molecule has 5 heteroatoms. The van der Waals surface area contributed by atoms with Crippen molar-refractivity contribution in [3.8, 4) is 16.9 Å². The number of hydrogen-bond acceptors (Lipinski definition) is 1. The van der Waals surface area contributed by atoms with Gasteiger partial charge in [0.05, 0.1) is 23.1 Å². The molecule has 1 aromatic heterocycles. The lowest BCUT2D eigenvalue weighted by atomic mass is 10.0. The average Bonchev–Trinajstić information content (AvgIpc) is 2.96. The third-order valence-electron chi connectivity index (χ3n) is 3.43. The standard InChI is InChI=1S/C17H12F3N2/c1-12-6-2-5-9-15(12)22-16(10-11-21-22)13-7-3-4-8-14(13)17(18,19)20/h2,4-11H,1H3. The summed E-state index contributed by atoms with van der Waals surface area (Å²) >= 11 is 0. The summed E-state index contributed by atoms with van der Waals surface area (Å²) in [6.45, 7) is 1.89. The summed E-state index contributed by atoms with van der Waals surface area (Å²) in [5.41, 5.74) is 1.44. The van der Waals surface area contributed by atoms with Crippen LogP contribution in [0.15, 0.2) is 54.7 Å². The molecule has 22 heavy (non-hydrogen) atoms. The summed E-state index contributed by atoms with van der Waals surface area (Å²) in [4.78, 5) is 0. The van der Waals surface area contributed by atoms with Crippen LogP contribution in [0.25, 0.3) is 16.9 Å². The van der Waals surface area contributed by atoms with Crippen molar-refractivity contribution < 1.29 is 13.2 Å². The molecule has 0 N–H and O–H groups in total. The van der Waals surface area contributed by atoms with Crippen LogP contribution >= 0.6 is 0 Å². The van der Waals surface area contributed by atoms with Crippen LogP contribution in [0, 0.1) is 13.0 Å². The Morgan fingerprint density at radius 1 is 1.09 bits per heavy atom. The highest BCUT2D eigenvalue weighted by Crippen LogP contribution is 2.37. The fourth-order valence-electron chi connectivity index (χ4n) is 2.39. The van der Waals surface area contributed by atoms with Crippen LogP contribution in [-0.4, -0.2) is 9.78 Å². The van der Waals surface area contributed by atoms with Crippen LogP contribution in [0.2, 0.25) is 0 Å². The third-order valence-corrected chi connectivity index (χ3v) is 3.43. The Morgan fingerprint density at radius 2 is 1.86 bits per heavy atom. The van der Waals surface area contributed by atoms with E-state index in [2.05, 4.69) is 11.2 Å². The molecule has 1 radical (unpaired) electrons. The maximum absolute atomic E-state index is 13.2. The van der Waals surface area contributed by atoms with Crippen molar-refractivity contribution >= 4 is 0 Å². The topological polar surface area (TPSA) is 17.8 Å². The van der Waals surface area contributed by atoms with Crippen molar-refractivity contribution in [1.29, 1.82) is 0 Å². The number of nitrogens with zero attached hydrogens (tertiary/aromatic N) is 2. The van der Waals surface area contributed by atoms with Crippen molar-refractivity contribution in [2.45, 2.75) is 13.1 Å². The van der Waals surface area contributed by atoms with Crippen LogP contribution < -0.4 is 0 Å². The monoisotopic (exact) mass is 301 g/mol. The molecule has 0 amide bonds. The van der Waals surface area contributed by atoms with Gasteiger partial charge in [0.25, 0.3) is 0 Å². The first kappa shape index (κ1) is 14.4. The van der Waals surface area contributed by atoms with Gasteiger partial charge in [-0.15, -0.1) is 0 Å². The number of aryl methyl sites for hydroxylation is 1. The van der Waals surface area contributed by atoms with Gasteiger partial charge in [0, 0.05) is 5.56 Å². The maximum atomic E-state index is 13.2. The smallest absolute Gasteiger partial charge is 0.233 e. The number of benzene rings is 2. The van der Waals surface area contributed by atoms with Crippen molar-refractivity contribution in [3.63, 3.8) is 0 Å². The summed E-state index contributed by atoms with van der Waals surface area (Å²) < 4.78 is 41.2. The minimum Gasteiger partial charge on any atom is -0.233 e. The van der Waals surface area contributed by atoms with Crippen LogP contribution in [0.4, 0.5) is 13.2 Å². The molecule has 0 unspecified atom stereocenters. The van der Waals surface area contributed by atoms with E-state index in [9.17, 15) is 13.2 Å². The van der Waals surface area contributed by atoms with Gasteiger partial charge in [0.2, 0.25) is 0 Å². The zero-order chi connectivity index (χ0) is 15.7. The predicted octanol–water partition coefficient (Wildman–Crippen LogP) is 4.67. The van der Waals surface area contributed by atoms with Crippen molar-refractivity contribution in [1.82, 2.24) is 9.78 Å². The minimum atomic E-state index is -4.43. The van der Waals surface area contributed by atoms with Crippen molar-refractivity contribution in [2.75, 3.05) is 0 Å². The average molecular weight is 301 g/mol. The highest BCUT2D eigenvalue weighted by atomic mass is 19.4. The molecule has 0 aliphatic heterocycles. The van der Waals surface area contributed by atoms with Gasteiger partial charge in [-0.25, -0.2) is 4.68 Å². The molecule has 2 nitrogen and oxygen atoms in total. The lowest BCUT2D eigenvalue weighted by Crippen LogP contribution is -2.09. The van der Waals surface area contributed by atoms with Gasteiger partial charge >= 0.3 is 6.18 Å². The second kappa shape index (κ2) is 5.33. The van der Waals surface area contributed by atoms with Gasteiger partial charge in [-0.2, -0.15) is 18.3 Å². The van der Waals surface area contributed by atoms with Gasteiger partial charge in [-0.3, -0.25) is 0 Å². The number of rotatable bonds is 2. The number of para-hydroxylation sites is 1. The lowest BCUT2D eigenvalue weighted by molar-refractivity contribution is -0.137. The Labute approximate surface area is 125 Å². The van der Waals surface area contributed by atoms with Crippen LogP contribution in [0.1, 0.15) is 11.1 Å². The van der Waals surface area contributed by atoms with Gasteiger partial charge < -0.3 is 0 Å².